The Balaban J connectivity index is 1.65. The Morgan fingerprint density at radius 2 is 2.04 bits per heavy atom. The highest BCUT2D eigenvalue weighted by Gasteiger charge is 2.18. The molecule has 0 bridgehead atoms. The first-order valence-corrected chi connectivity index (χ1v) is 8.80. The fourth-order valence-electron chi connectivity index (χ4n) is 2.37. The minimum Gasteiger partial charge on any atom is -0.496 e. The summed E-state index contributed by atoms with van der Waals surface area (Å²) in [6, 6.07) is 12.0. The van der Waals surface area contributed by atoms with Gasteiger partial charge in [-0.05, 0) is 30.5 Å². The number of aromatic amines is 1. The van der Waals surface area contributed by atoms with Crippen molar-refractivity contribution in [1.29, 1.82) is 0 Å². The first kappa shape index (κ1) is 17.7. The van der Waals surface area contributed by atoms with Crippen molar-refractivity contribution in [3.05, 3.63) is 52.7 Å². The number of anilines is 1. The highest BCUT2D eigenvalue weighted by molar-refractivity contribution is 7.12. The molecule has 7 nitrogen and oxygen atoms in total. The Bertz CT molecular complexity index is 905. The number of benzene rings is 1. The zero-order valence-electron chi connectivity index (χ0n) is 14.3. The van der Waals surface area contributed by atoms with E-state index in [-0.39, 0.29) is 11.8 Å². The number of hydrogen-bond donors (Lipinski definition) is 3. The Kier molecular flexibility index (Phi) is 5.33. The lowest BCUT2D eigenvalue weighted by molar-refractivity contribution is -0.117. The first-order valence-electron chi connectivity index (χ1n) is 7.92. The van der Waals surface area contributed by atoms with Gasteiger partial charge in [-0.15, -0.1) is 11.3 Å². The summed E-state index contributed by atoms with van der Waals surface area (Å²) in [5.74, 6) is 0.436. The van der Waals surface area contributed by atoms with Crippen molar-refractivity contribution in [2.24, 2.45) is 0 Å². The molecule has 1 aromatic carbocycles. The molecule has 0 aliphatic rings. The number of methoxy groups -OCH3 is 1. The van der Waals surface area contributed by atoms with Gasteiger partial charge < -0.3 is 15.4 Å². The predicted molar refractivity (Wildman–Crippen MR) is 100 cm³/mol. The number of rotatable bonds is 6. The minimum atomic E-state index is -0.698. The van der Waals surface area contributed by atoms with E-state index < -0.39 is 6.04 Å². The van der Waals surface area contributed by atoms with Crippen LogP contribution in [0.3, 0.4) is 0 Å². The number of hydrogen-bond acceptors (Lipinski definition) is 5. The molecule has 26 heavy (non-hydrogen) atoms. The number of carbonyl (C=O) groups excluding carboxylic acids is 2. The van der Waals surface area contributed by atoms with Gasteiger partial charge in [-0.25, -0.2) is 0 Å². The van der Waals surface area contributed by atoms with Crippen molar-refractivity contribution in [1.82, 2.24) is 15.5 Å². The van der Waals surface area contributed by atoms with E-state index >= 15 is 0 Å². The molecule has 3 N–H and O–H groups in total. The van der Waals surface area contributed by atoms with Crippen LogP contribution in [0, 0.1) is 0 Å². The number of amides is 2. The number of carbonyl (C=O) groups is 2. The Morgan fingerprint density at radius 3 is 2.77 bits per heavy atom. The lowest BCUT2D eigenvalue weighted by Gasteiger charge is -2.12. The summed E-state index contributed by atoms with van der Waals surface area (Å²) >= 11 is 1.32. The smallest absolute Gasteiger partial charge is 0.261 e. The van der Waals surface area contributed by atoms with E-state index in [1.54, 1.807) is 32.2 Å². The number of nitrogens with one attached hydrogen (secondary N) is 3. The van der Waals surface area contributed by atoms with Crippen LogP contribution in [0.15, 0.2) is 47.8 Å². The van der Waals surface area contributed by atoms with Gasteiger partial charge in [0, 0.05) is 11.6 Å². The molecule has 0 saturated heterocycles. The van der Waals surface area contributed by atoms with E-state index in [2.05, 4.69) is 20.8 Å². The van der Waals surface area contributed by atoms with Crippen molar-refractivity contribution >= 4 is 29.0 Å². The molecule has 0 radical (unpaired) electrons. The van der Waals surface area contributed by atoms with Crippen LogP contribution in [0.2, 0.25) is 0 Å². The molecule has 3 rings (SSSR count). The van der Waals surface area contributed by atoms with E-state index in [9.17, 15) is 9.59 Å². The molecule has 134 valence electrons. The average molecular weight is 370 g/mol. The second kappa shape index (κ2) is 7.83. The quantitative estimate of drug-likeness (QED) is 0.622. The number of thiophene rings is 1. The van der Waals surface area contributed by atoms with Crippen LogP contribution < -0.4 is 15.4 Å². The zero-order valence-corrected chi connectivity index (χ0v) is 15.1. The lowest BCUT2D eigenvalue weighted by atomic mass is 10.1. The van der Waals surface area contributed by atoms with Gasteiger partial charge in [0.25, 0.3) is 5.91 Å². The van der Waals surface area contributed by atoms with Crippen LogP contribution in [-0.4, -0.2) is 35.2 Å². The maximum atomic E-state index is 12.3. The second-order valence-electron chi connectivity index (χ2n) is 5.53. The maximum Gasteiger partial charge on any atom is 0.261 e. The summed E-state index contributed by atoms with van der Waals surface area (Å²) in [5.41, 5.74) is 1.55. The van der Waals surface area contributed by atoms with Gasteiger partial charge in [-0.3, -0.25) is 14.7 Å². The molecule has 0 spiro atoms. The number of para-hydroxylation sites is 1. The summed E-state index contributed by atoms with van der Waals surface area (Å²) in [4.78, 5) is 24.9. The molecule has 8 heteroatoms. The fraction of sp³-hybridized carbons (Fsp3) is 0.167. The molecular formula is C18H18N4O3S. The fourth-order valence-corrected chi connectivity index (χ4v) is 2.99. The Hall–Kier alpha value is -3.13. The maximum absolute atomic E-state index is 12.3. The molecule has 2 heterocycles. The summed E-state index contributed by atoms with van der Waals surface area (Å²) in [6.45, 7) is 1.62. The summed E-state index contributed by atoms with van der Waals surface area (Å²) < 4.78 is 5.33. The van der Waals surface area contributed by atoms with Gasteiger partial charge in [0.05, 0.1) is 17.7 Å². The van der Waals surface area contributed by atoms with Crippen molar-refractivity contribution in [3.63, 3.8) is 0 Å². The highest BCUT2D eigenvalue weighted by atomic mass is 32.1. The second-order valence-corrected chi connectivity index (χ2v) is 6.48. The zero-order chi connectivity index (χ0) is 18.5. The monoisotopic (exact) mass is 370 g/mol. The molecular weight excluding hydrogens is 352 g/mol. The largest absolute Gasteiger partial charge is 0.496 e. The van der Waals surface area contributed by atoms with E-state index in [1.165, 1.54) is 11.3 Å². The normalized spacial score (nSPS) is 11.6. The van der Waals surface area contributed by atoms with Crippen molar-refractivity contribution in [3.8, 4) is 17.0 Å². The molecule has 2 amide bonds. The van der Waals surface area contributed by atoms with Crippen LogP contribution in [0.1, 0.15) is 16.6 Å². The van der Waals surface area contributed by atoms with Crippen LogP contribution in [0.5, 0.6) is 5.75 Å². The third-order valence-corrected chi connectivity index (χ3v) is 4.58. The van der Waals surface area contributed by atoms with Gasteiger partial charge >= 0.3 is 0 Å². The van der Waals surface area contributed by atoms with Crippen molar-refractivity contribution in [2.45, 2.75) is 13.0 Å². The summed E-state index contributed by atoms with van der Waals surface area (Å²) in [6.07, 6.45) is 0. The number of aromatic nitrogens is 2. The Morgan fingerprint density at radius 1 is 1.23 bits per heavy atom. The molecule has 0 aliphatic carbocycles. The number of H-pyrrole nitrogens is 1. The topological polar surface area (TPSA) is 96.1 Å². The van der Waals surface area contributed by atoms with Gasteiger partial charge in [-0.1, -0.05) is 18.2 Å². The lowest BCUT2D eigenvalue weighted by Crippen LogP contribution is -2.41. The Labute approximate surface area is 154 Å². The SMILES string of the molecule is COc1ccccc1-c1cc(NC(=O)C(C)NC(=O)c2cccs2)n[nH]1. The molecule has 0 fully saturated rings. The van der Waals surface area contributed by atoms with Gasteiger partial charge in [0.1, 0.15) is 11.8 Å². The highest BCUT2D eigenvalue weighted by Crippen LogP contribution is 2.29. The third kappa shape index (κ3) is 3.92. The molecule has 1 unspecified atom stereocenters. The summed E-state index contributed by atoms with van der Waals surface area (Å²) in [7, 11) is 1.59. The summed E-state index contributed by atoms with van der Waals surface area (Å²) in [5, 5.41) is 14.1. The predicted octanol–water partition coefficient (Wildman–Crippen LogP) is 2.90. The van der Waals surface area contributed by atoms with Gasteiger partial charge in [-0.2, -0.15) is 5.10 Å². The van der Waals surface area contributed by atoms with E-state index in [0.717, 1.165) is 5.56 Å². The van der Waals surface area contributed by atoms with E-state index in [1.807, 2.05) is 29.6 Å². The van der Waals surface area contributed by atoms with E-state index in [4.69, 9.17) is 4.74 Å². The van der Waals surface area contributed by atoms with Crippen LogP contribution in [-0.2, 0) is 4.79 Å². The molecule has 0 saturated carbocycles. The number of nitrogens with zero attached hydrogens (tertiary/aromatic N) is 1. The van der Waals surface area contributed by atoms with Gasteiger partial charge in [0.2, 0.25) is 5.91 Å². The molecule has 0 aliphatic heterocycles. The van der Waals surface area contributed by atoms with E-state index in [0.29, 0.717) is 22.1 Å². The number of ether oxygens (including phenoxy) is 1. The molecule has 3 aromatic rings. The first-order chi connectivity index (χ1) is 12.6. The van der Waals surface area contributed by atoms with Gasteiger partial charge in [0.15, 0.2) is 5.82 Å². The van der Waals surface area contributed by atoms with Crippen molar-refractivity contribution < 1.29 is 14.3 Å². The minimum absolute atomic E-state index is 0.278. The molecule has 2 aromatic heterocycles. The average Bonchev–Trinajstić information content (AvgIpc) is 3.33. The molecule has 1 atom stereocenters. The van der Waals surface area contributed by atoms with Crippen molar-refractivity contribution in [2.75, 3.05) is 12.4 Å². The standard InChI is InChI=1S/C18H18N4O3S/c1-11(19-18(24)15-8-5-9-26-15)17(23)20-16-10-13(21-22-16)12-6-3-4-7-14(12)25-2/h3-11H,1-2H3,(H,19,24)(H2,20,21,22,23). The third-order valence-electron chi connectivity index (χ3n) is 3.71. The van der Waals surface area contributed by atoms with Crippen LogP contribution in [0.4, 0.5) is 5.82 Å². The van der Waals surface area contributed by atoms with Crippen LogP contribution in [0.25, 0.3) is 11.3 Å². The van der Waals surface area contributed by atoms with Crippen LogP contribution >= 0.6 is 11.3 Å².